The molecule has 0 rings (SSSR count). The van der Waals surface area contributed by atoms with Crippen LogP contribution < -0.4 is 0 Å². The van der Waals surface area contributed by atoms with Crippen molar-refractivity contribution in [3.05, 3.63) is 0 Å². The molecule has 0 atom stereocenters. The van der Waals surface area contributed by atoms with E-state index in [9.17, 15) is 0 Å². The summed E-state index contributed by atoms with van der Waals surface area (Å²) in [6, 6.07) is 0. The van der Waals surface area contributed by atoms with Crippen LogP contribution in [0.5, 0.6) is 0 Å². The Hall–Kier alpha value is 0. The van der Waals surface area contributed by atoms with Gasteiger partial charge in [0, 0.05) is 2.74 Å². The van der Waals surface area contributed by atoms with Crippen molar-refractivity contribution >= 4 is 0 Å². The SMILES string of the molecule is [3H]CC(C[3H])(CC)CC. The average molecular weight is 104 g/mol. The van der Waals surface area contributed by atoms with Crippen molar-refractivity contribution in [3.8, 4) is 0 Å². The summed E-state index contributed by atoms with van der Waals surface area (Å²) in [6.07, 6.45) is 1.94. The highest BCUT2D eigenvalue weighted by molar-refractivity contribution is 4.61. The molecular formula is C7H16. The van der Waals surface area contributed by atoms with Crippen LogP contribution in [-0.2, 0) is 0 Å². The molecule has 0 spiro atoms. The predicted octanol–water partition coefficient (Wildman–Crippen LogP) is 2.83. The van der Waals surface area contributed by atoms with Crippen molar-refractivity contribution in [3.63, 3.8) is 0 Å². The summed E-state index contributed by atoms with van der Waals surface area (Å²) in [5.74, 6) is 0. The Kier molecular flexibility index (Phi) is 1.32. The molecule has 0 amide bonds. The Morgan fingerprint density at radius 3 is 1.71 bits per heavy atom. The molecule has 7 heavy (non-hydrogen) atoms. The van der Waals surface area contributed by atoms with E-state index in [0.717, 1.165) is 12.8 Å². The van der Waals surface area contributed by atoms with Crippen molar-refractivity contribution in [1.29, 1.82) is 0 Å². The molecule has 0 nitrogen and oxygen atoms in total. The van der Waals surface area contributed by atoms with Crippen LogP contribution in [0.15, 0.2) is 0 Å². The zero-order chi connectivity index (χ0) is 7.33. The molecule has 0 saturated heterocycles. The Morgan fingerprint density at radius 1 is 1.29 bits per heavy atom. The van der Waals surface area contributed by atoms with Gasteiger partial charge >= 0.3 is 0 Å². The molecule has 0 heteroatoms. The zero-order valence-electron chi connectivity index (χ0n) is 7.33. The van der Waals surface area contributed by atoms with E-state index < -0.39 is 0 Å². The first kappa shape index (κ1) is 3.94. The van der Waals surface area contributed by atoms with Crippen molar-refractivity contribution in [2.75, 3.05) is 0 Å². The molecule has 0 fully saturated rings. The first-order chi connectivity index (χ1) is 4.24. The van der Waals surface area contributed by atoms with Gasteiger partial charge in [-0.15, -0.1) is 0 Å². The molecule has 0 unspecified atom stereocenters. The second kappa shape index (κ2) is 2.34. The van der Waals surface area contributed by atoms with Gasteiger partial charge in [-0.2, -0.15) is 0 Å². The highest BCUT2D eigenvalue weighted by Gasteiger charge is 2.09. The fourth-order valence-electron chi connectivity index (χ4n) is 0.250. The van der Waals surface area contributed by atoms with Crippen molar-refractivity contribution in [2.24, 2.45) is 5.41 Å². The van der Waals surface area contributed by atoms with E-state index in [2.05, 4.69) is 13.8 Å². The Labute approximate surface area is 49.7 Å². The molecule has 0 aromatic rings. The van der Waals surface area contributed by atoms with Gasteiger partial charge in [-0.05, 0) is 5.41 Å². The molecule has 0 aliphatic heterocycles. The second-order valence-corrected chi connectivity index (χ2v) is 2.21. The van der Waals surface area contributed by atoms with Crippen LogP contribution in [0.4, 0.5) is 0 Å². The maximum absolute atomic E-state index is 7.19. The summed E-state index contributed by atoms with van der Waals surface area (Å²) < 4.78 is 14.4. The molecular weight excluding hydrogens is 84.1 g/mol. The first-order valence-electron chi connectivity index (χ1n) is 4.24. The Morgan fingerprint density at radius 2 is 1.71 bits per heavy atom. The smallest absolute Gasteiger partial charge is 0.0236 e. The van der Waals surface area contributed by atoms with Gasteiger partial charge in [0.25, 0.3) is 0 Å². The van der Waals surface area contributed by atoms with Gasteiger partial charge in [0.2, 0.25) is 0 Å². The van der Waals surface area contributed by atoms with Crippen LogP contribution in [0.1, 0.15) is 43.2 Å². The summed E-state index contributed by atoms with van der Waals surface area (Å²) in [4.78, 5) is 0. The van der Waals surface area contributed by atoms with Gasteiger partial charge in [0.05, 0.1) is 0 Å². The third kappa shape index (κ3) is 2.67. The van der Waals surface area contributed by atoms with Gasteiger partial charge < -0.3 is 0 Å². The Bertz CT molecular complexity index is 49.8. The molecule has 0 N–H and O–H groups in total. The monoisotopic (exact) mass is 104 g/mol. The average Bonchev–Trinajstić information content (AvgIpc) is 1.95. The normalized spacial score (nSPS) is 15.7. The van der Waals surface area contributed by atoms with Gasteiger partial charge in [-0.1, -0.05) is 40.5 Å². The molecule has 0 heterocycles. The van der Waals surface area contributed by atoms with E-state index >= 15 is 0 Å². The van der Waals surface area contributed by atoms with Crippen LogP contribution in [0.3, 0.4) is 0 Å². The molecule has 0 aliphatic rings. The quantitative estimate of drug-likeness (QED) is 0.505. The van der Waals surface area contributed by atoms with E-state index in [1.54, 1.807) is 0 Å². The maximum Gasteiger partial charge on any atom is 0.0236 e. The molecule has 0 aromatic carbocycles. The largest absolute Gasteiger partial charge is 0.0649 e. The minimum Gasteiger partial charge on any atom is -0.0649 e. The highest BCUT2D eigenvalue weighted by atomic mass is 14.1. The van der Waals surface area contributed by atoms with E-state index in [4.69, 9.17) is 2.74 Å². The lowest BCUT2D eigenvalue weighted by molar-refractivity contribution is 0.338. The fourth-order valence-corrected chi connectivity index (χ4v) is 0.250. The third-order valence-corrected chi connectivity index (χ3v) is 1.50. The fraction of sp³-hybridized carbons (Fsp3) is 1.00. The topological polar surface area (TPSA) is 0 Å². The summed E-state index contributed by atoms with van der Waals surface area (Å²) in [5.41, 5.74) is 0. The van der Waals surface area contributed by atoms with Crippen molar-refractivity contribution < 1.29 is 2.74 Å². The first-order valence-corrected chi connectivity index (χ1v) is 2.83. The van der Waals surface area contributed by atoms with Crippen LogP contribution in [0.25, 0.3) is 0 Å². The standard InChI is InChI=1S/C7H16/c1-5-7(3,4)6-2/h5-6H2,1-4H3/i3T,4T. The van der Waals surface area contributed by atoms with E-state index in [1.807, 2.05) is 0 Å². The highest BCUT2D eigenvalue weighted by Crippen LogP contribution is 2.22. The summed E-state index contributed by atoms with van der Waals surface area (Å²) in [6.45, 7) is 4.94. The zero-order valence-corrected chi connectivity index (χ0v) is 5.33. The van der Waals surface area contributed by atoms with Gasteiger partial charge in [0.15, 0.2) is 0 Å². The number of hydrogen-bond donors (Lipinski definition) is 0. The van der Waals surface area contributed by atoms with Gasteiger partial charge in [-0.25, -0.2) is 0 Å². The summed E-state index contributed by atoms with van der Waals surface area (Å²) in [7, 11) is 0. The molecule has 44 valence electrons. The van der Waals surface area contributed by atoms with Crippen LogP contribution in [0.2, 0.25) is 0 Å². The summed E-state index contributed by atoms with van der Waals surface area (Å²) >= 11 is 0. The third-order valence-electron chi connectivity index (χ3n) is 1.50. The van der Waals surface area contributed by atoms with Crippen LogP contribution in [-0.4, -0.2) is 0 Å². The maximum atomic E-state index is 7.19. The molecule has 0 aliphatic carbocycles. The number of rotatable bonds is 2. The number of hydrogen-bond acceptors (Lipinski definition) is 0. The van der Waals surface area contributed by atoms with Gasteiger partial charge in [0.1, 0.15) is 0 Å². The van der Waals surface area contributed by atoms with Crippen molar-refractivity contribution in [1.82, 2.24) is 0 Å². The lowest BCUT2D eigenvalue weighted by Gasteiger charge is -2.18. The molecule has 0 bridgehead atoms. The van der Waals surface area contributed by atoms with E-state index in [1.165, 1.54) is 0 Å². The van der Waals surface area contributed by atoms with E-state index in [0.29, 0.717) is 13.8 Å². The van der Waals surface area contributed by atoms with Crippen molar-refractivity contribution in [2.45, 2.75) is 40.5 Å². The predicted molar refractivity (Wildman–Crippen MR) is 34.4 cm³/mol. The Balaban J connectivity index is 3.82. The minimum atomic E-state index is 0. The molecule has 0 radical (unpaired) electrons. The molecule has 0 aromatic heterocycles. The molecule has 0 saturated carbocycles. The minimum absolute atomic E-state index is 0. The lowest BCUT2D eigenvalue weighted by atomic mass is 9.88. The van der Waals surface area contributed by atoms with Crippen LogP contribution >= 0.6 is 0 Å². The van der Waals surface area contributed by atoms with Gasteiger partial charge in [-0.3, -0.25) is 0 Å². The summed E-state index contributed by atoms with van der Waals surface area (Å²) in [5, 5.41) is 0. The van der Waals surface area contributed by atoms with E-state index in [-0.39, 0.29) is 5.41 Å². The lowest BCUT2D eigenvalue weighted by Crippen LogP contribution is -2.05. The second-order valence-electron chi connectivity index (χ2n) is 2.21. The van der Waals surface area contributed by atoms with Crippen LogP contribution in [0, 0.1) is 5.41 Å².